The van der Waals surface area contributed by atoms with E-state index in [1.807, 2.05) is 0 Å². The highest BCUT2D eigenvalue weighted by molar-refractivity contribution is 9.10. The molecule has 0 aliphatic carbocycles. The van der Waals surface area contributed by atoms with Crippen LogP contribution in [-0.2, 0) is 4.79 Å². The van der Waals surface area contributed by atoms with Crippen LogP contribution in [0.15, 0.2) is 16.6 Å². The molecule has 4 N–H and O–H groups in total. The van der Waals surface area contributed by atoms with E-state index >= 15 is 0 Å². The van der Waals surface area contributed by atoms with Crippen molar-refractivity contribution in [3.8, 4) is 0 Å². The van der Waals surface area contributed by atoms with Crippen molar-refractivity contribution in [3.05, 3.63) is 28.0 Å². The molecule has 0 aromatic heterocycles. The normalized spacial score (nSPS) is 22.1. The van der Waals surface area contributed by atoms with E-state index in [0.717, 1.165) is 6.07 Å². The molecule has 2 rings (SSSR count). The fraction of sp³-hybridized carbons (Fsp3) is 0.385. The summed E-state index contributed by atoms with van der Waals surface area (Å²) in [5.74, 6) is -1.31. The minimum absolute atomic E-state index is 0.0894. The minimum atomic E-state index is -0.715. The topological polar surface area (TPSA) is 89.4 Å². The highest BCUT2D eigenvalue weighted by Crippen LogP contribution is 2.32. The highest BCUT2D eigenvalue weighted by atomic mass is 79.9. The fourth-order valence-corrected chi connectivity index (χ4v) is 2.72. The van der Waals surface area contributed by atoms with E-state index in [-0.39, 0.29) is 23.7 Å². The van der Waals surface area contributed by atoms with E-state index in [1.54, 1.807) is 6.92 Å². The second-order valence-corrected chi connectivity index (χ2v) is 6.11. The van der Waals surface area contributed by atoms with Crippen molar-refractivity contribution in [1.82, 2.24) is 4.90 Å². The average Bonchev–Trinajstić information content (AvgIpc) is 2.77. The zero-order valence-corrected chi connectivity index (χ0v) is 12.5. The first-order valence-corrected chi connectivity index (χ1v) is 6.87. The van der Waals surface area contributed by atoms with Crippen LogP contribution < -0.4 is 11.5 Å². The number of hydrogen-bond acceptors (Lipinski definition) is 3. The first kappa shape index (κ1) is 14.8. The van der Waals surface area contributed by atoms with Gasteiger partial charge < -0.3 is 16.4 Å². The molecule has 5 nitrogen and oxygen atoms in total. The van der Waals surface area contributed by atoms with Crippen molar-refractivity contribution in [3.63, 3.8) is 0 Å². The average molecular weight is 344 g/mol. The first-order valence-electron chi connectivity index (χ1n) is 6.08. The van der Waals surface area contributed by atoms with Crippen LogP contribution in [0.1, 0.15) is 23.7 Å². The minimum Gasteiger partial charge on any atom is -0.396 e. The maximum atomic E-state index is 13.3. The summed E-state index contributed by atoms with van der Waals surface area (Å²) in [4.78, 5) is 25.3. The number of amides is 2. The van der Waals surface area contributed by atoms with Gasteiger partial charge in [-0.25, -0.2) is 4.39 Å². The molecule has 1 unspecified atom stereocenters. The Bertz CT molecular complexity index is 593. The number of likely N-dealkylation sites (tertiary alicyclic amines) is 1. The van der Waals surface area contributed by atoms with E-state index < -0.39 is 17.1 Å². The molecule has 0 radical (unpaired) electrons. The van der Waals surface area contributed by atoms with Gasteiger partial charge >= 0.3 is 0 Å². The fourth-order valence-electron chi connectivity index (χ4n) is 2.24. The second kappa shape index (κ2) is 5.05. The molecule has 1 aromatic carbocycles. The molecule has 1 aromatic rings. The van der Waals surface area contributed by atoms with Gasteiger partial charge in [0.1, 0.15) is 5.82 Å². The van der Waals surface area contributed by atoms with Crippen LogP contribution in [0.4, 0.5) is 10.1 Å². The van der Waals surface area contributed by atoms with Crippen molar-refractivity contribution in [1.29, 1.82) is 0 Å². The van der Waals surface area contributed by atoms with Gasteiger partial charge in [0.25, 0.3) is 5.91 Å². The smallest absolute Gasteiger partial charge is 0.255 e. The predicted molar refractivity (Wildman–Crippen MR) is 76.3 cm³/mol. The standard InChI is InChI=1S/C13H15BrFN3O2/c1-13(12(17)20)2-3-18(6-13)11(19)7-4-10(16)9(15)5-8(7)14/h4-5H,2-3,6,16H2,1H3,(H2,17,20). The van der Waals surface area contributed by atoms with Gasteiger partial charge in [0, 0.05) is 17.6 Å². The summed E-state index contributed by atoms with van der Waals surface area (Å²) >= 11 is 3.15. The number of anilines is 1. The van der Waals surface area contributed by atoms with Crippen molar-refractivity contribution in [2.45, 2.75) is 13.3 Å². The molecule has 1 heterocycles. The molecule has 1 aliphatic heterocycles. The number of carbonyl (C=O) groups is 2. The number of nitrogen functional groups attached to an aromatic ring is 1. The van der Waals surface area contributed by atoms with Gasteiger partial charge in [0.05, 0.1) is 16.7 Å². The number of benzene rings is 1. The van der Waals surface area contributed by atoms with E-state index in [9.17, 15) is 14.0 Å². The quantitative estimate of drug-likeness (QED) is 0.797. The van der Waals surface area contributed by atoms with Crippen LogP contribution in [-0.4, -0.2) is 29.8 Å². The molecule has 108 valence electrons. The zero-order chi connectivity index (χ0) is 15.1. The van der Waals surface area contributed by atoms with Crippen LogP contribution >= 0.6 is 15.9 Å². The number of carbonyl (C=O) groups excluding carboxylic acids is 2. The molecule has 2 amide bonds. The number of nitrogens with zero attached hydrogens (tertiary/aromatic N) is 1. The van der Waals surface area contributed by atoms with E-state index in [1.165, 1.54) is 11.0 Å². The molecule has 0 saturated carbocycles. The molecule has 1 saturated heterocycles. The lowest BCUT2D eigenvalue weighted by Crippen LogP contribution is -2.38. The molecule has 1 aliphatic rings. The van der Waals surface area contributed by atoms with Crippen LogP contribution in [0, 0.1) is 11.2 Å². The Morgan fingerprint density at radius 2 is 2.10 bits per heavy atom. The van der Waals surface area contributed by atoms with Crippen LogP contribution in [0.5, 0.6) is 0 Å². The summed E-state index contributed by atoms with van der Waals surface area (Å²) in [6, 6.07) is 2.45. The molecule has 0 bridgehead atoms. The summed E-state index contributed by atoms with van der Waals surface area (Å²) in [6.45, 7) is 2.42. The molecule has 20 heavy (non-hydrogen) atoms. The largest absolute Gasteiger partial charge is 0.396 e. The van der Waals surface area contributed by atoms with Crippen LogP contribution in [0.3, 0.4) is 0 Å². The van der Waals surface area contributed by atoms with Gasteiger partial charge in [-0.3, -0.25) is 9.59 Å². The number of rotatable bonds is 2. The lowest BCUT2D eigenvalue weighted by atomic mass is 9.89. The van der Waals surface area contributed by atoms with Crippen LogP contribution in [0.2, 0.25) is 0 Å². The molecule has 1 fully saturated rings. The van der Waals surface area contributed by atoms with Gasteiger partial charge in [-0.2, -0.15) is 0 Å². The third-order valence-corrected chi connectivity index (χ3v) is 4.33. The number of nitrogens with two attached hydrogens (primary N) is 2. The third kappa shape index (κ3) is 2.49. The van der Waals surface area contributed by atoms with E-state index in [0.29, 0.717) is 17.4 Å². The molecular weight excluding hydrogens is 329 g/mol. The van der Waals surface area contributed by atoms with Gasteiger partial charge in [-0.15, -0.1) is 0 Å². The van der Waals surface area contributed by atoms with Gasteiger partial charge in [-0.05, 0) is 41.4 Å². The van der Waals surface area contributed by atoms with E-state index in [4.69, 9.17) is 11.5 Å². The number of primary amides is 1. The molecule has 0 spiro atoms. The Morgan fingerprint density at radius 3 is 2.65 bits per heavy atom. The Balaban J connectivity index is 2.26. The second-order valence-electron chi connectivity index (χ2n) is 5.26. The van der Waals surface area contributed by atoms with Gasteiger partial charge in [0.15, 0.2) is 0 Å². The zero-order valence-electron chi connectivity index (χ0n) is 11.0. The summed E-state index contributed by atoms with van der Waals surface area (Å²) in [5, 5.41) is 0. The summed E-state index contributed by atoms with van der Waals surface area (Å²) in [6.07, 6.45) is 0.516. The number of halogens is 2. The highest BCUT2D eigenvalue weighted by Gasteiger charge is 2.41. The summed E-state index contributed by atoms with van der Waals surface area (Å²) < 4.78 is 13.6. The Labute approximate surface area is 124 Å². The Morgan fingerprint density at radius 1 is 1.45 bits per heavy atom. The first-order chi connectivity index (χ1) is 9.24. The lowest BCUT2D eigenvalue weighted by Gasteiger charge is -2.21. The Kier molecular flexibility index (Phi) is 3.73. The molecule has 7 heteroatoms. The maximum Gasteiger partial charge on any atom is 0.255 e. The lowest BCUT2D eigenvalue weighted by molar-refractivity contribution is -0.126. The third-order valence-electron chi connectivity index (χ3n) is 3.67. The van der Waals surface area contributed by atoms with Crippen LogP contribution in [0.25, 0.3) is 0 Å². The van der Waals surface area contributed by atoms with Crippen molar-refractivity contribution in [2.24, 2.45) is 11.1 Å². The SMILES string of the molecule is CC1(C(N)=O)CCN(C(=O)c2cc(N)c(F)cc2Br)C1. The van der Waals surface area contributed by atoms with Crippen molar-refractivity contribution < 1.29 is 14.0 Å². The van der Waals surface area contributed by atoms with E-state index in [2.05, 4.69) is 15.9 Å². The number of hydrogen-bond donors (Lipinski definition) is 2. The predicted octanol–water partition coefficient (Wildman–Crippen LogP) is 1.51. The Hall–Kier alpha value is -1.63. The summed E-state index contributed by atoms with van der Waals surface area (Å²) in [5.41, 5.74) is 10.3. The van der Waals surface area contributed by atoms with Crippen molar-refractivity contribution in [2.75, 3.05) is 18.8 Å². The van der Waals surface area contributed by atoms with Crippen molar-refractivity contribution >= 4 is 33.4 Å². The summed E-state index contributed by atoms with van der Waals surface area (Å²) in [7, 11) is 0. The van der Waals surface area contributed by atoms with Gasteiger partial charge in [-0.1, -0.05) is 0 Å². The monoisotopic (exact) mass is 343 g/mol. The molecular formula is C13H15BrFN3O2. The molecule has 1 atom stereocenters. The maximum absolute atomic E-state index is 13.3. The van der Waals surface area contributed by atoms with Gasteiger partial charge in [0.2, 0.25) is 5.91 Å².